The third-order valence-electron chi connectivity index (χ3n) is 11.1. The maximum absolute atomic E-state index is 5.84. The molecule has 0 bridgehead atoms. The summed E-state index contributed by atoms with van der Waals surface area (Å²) >= 11 is 0. The smallest absolute Gasteiger partial charge is 0.409 e. The number of rotatable bonds is 24. The molecule has 12 aromatic carbocycles. The summed E-state index contributed by atoms with van der Waals surface area (Å²) < 4.78 is 70.1. The molecule has 0 aromatic heterocycles. The molecule has 0 heterocycles. The first-order chi connectivity index (χ1) is 43.6. The molecule has 0 aliphatic carbocycles. The molecule has 12 nitrogen and oxygen atoms in total. The Morgan fingerprint density at radius 3 is 0.247 bits per heavy atom. The molecule has 0 aliphatic heterocycles. The van der Waals surface area contributed by atoms with E-state index in [2.05, 4.69) is 0 Å². The van der Waals surface area contributed by atoms with Crippen molar-refractivity contribution in [3.63, 3.8) is 0 Å². The molecule has 0 radical (unpaired) electrons. The Kier molecular flexibility index (Phi) is 28.4. The second kappa shape index (κ2) is 38.6. The van der Waals surface area contributed by atoms with Gasteiger partial charge in [0.05, 0.1) is 0 Å². The van der Waals surface area contributed by atoms with Gasteiger partial charge < -0.3 is 54.3 Å². The quantitative estimate of drug-likeness (QED) is 0.0424. The van der Waals surface area contributed by atoms with Crippen LogP contribution in [-0.4, -0.2) is 0 Å². The van der Waals surface area contributed by atoms with Crippen LogP contribution in [0.15, 0.2) is 364 Å². The maximum Gasteiger partial charge on any atom is 0.530 e. The molecule has 0 amide bonds. The largest absolute Gasteiger partial charge is 0.530 e. The van der Waals surface area contributed by atoms with Gasteiger partial charge in [0.25, 0.3) is 0 Å². The minimum absolute atomic E-state index is 0. The Bertz CT molecular complexity index is 2810. The van der Waals surface area contributed by atoms with E-state index in [0.29, 0.717) is 69.0 Å². The van der Waals surface area contributed by atoms with Crippen molar-refractivity contribution in [2.75, 3.05) is 0 Å². The van der Waals surface area contributed by atoms with Crippen molar-refractivity contribution in [3.05, 3.63) is 364 Å². The minimum Gasteiger partial charge on any atom is -0.409 e. The molecule has 12 aromatic rings. The molecule has 0 atom stereocenters. The van der Waals surface area contributed by atoms with Crippen LogP contribution >= 0.6 is 34.4 Å². The fourth-order valence-corrected chi connectivity index (χ4v) is 11.0. The van der Waals surface area contributed by atoms with Crippen LogP contribution in [0.1, 0.15) is 0 Å². The molecule has 17 heteroatoms. The Morgan fingerprint density at radius 1 is 0.112 bits per heavy atom. The van der Waals surface area contributed by atoms with Crippen molar-refractivity contribution in [1.82, 2.24) is 0 Å². The standard InChI is InChI=1S/4C18H15O3P.Ni/c4*1-4-10-16(11-5-1)19-22(20-17-12-6-2-7-13-17)21-18-14-8-3-9-15-18;/h4*1-15H;. The first kappa shape index (κ1) is 65.4. The minimum atomic E-state index is -1.59. The van der Waals surface area contributed by atoms with Crippen LogP contribution in [0, 0.1) is 0 Å². The van der Waals surface area contributed by atoms with Crippen LogP contribution in [-0.2, 0) is 16.5 Å². The number of para-hydroxylation sites is 12. The number of hydrogen-bond donors (Lipinski definition) is 0. The maximum atomic E-state index is 5.84. The summed E-state index contributed by atoms with van der Waals surface area (Å²) in [6, 6.07) is 114. The van der Waals surface area contributed by atoms with Gasteiger partial charge in [-0.05, 0) is 146 Å². The monoisotopic (exact) mass is 1300 g/mol. The Morgan fingerprint density at radius 2 is 0.180 bits per heavy atom. The average molecular weight is 1300 g/mol. The zero-order chi connectivity index (χ0) is 60.1. The Hall–Kier alpha value is -9.55. The van der Waals surface area contributed by atoms with E-state index in [1.165, 1.54) is 0 Å². The van der Waals surface area contributed by atoms with Crippen LogP contribution < -0.4 is 54.3 Å². The summed E-state index contributed by atoms with van der Waals surface area (Å²) in [6.07, 6.45) is 0. The van der Waals surface area contributed by atoms with Crippen molar-refractivity contribution < 1.29 is 70.8 Å². The second-order valence-electron chi connectivity index (χ2n) is 17.7. The van der Waals surface area contributed by atoms with Gasteiger partial charge in [-0.25, -0.2) is 0 Å². The number of benzene rings is 12. The van der Waals surface area contributed by atoms with Crippen molar-refractivity contribution in [2.24, 2.45) is 0 Å². The van der Waals surface area contributed by atoms with E-state index in [9.17, 15) is 0 Å². The molecular weight excluding hydrogens is 1240 g/mol. The van der Waals surface area contributed by atoms with Gasteiger partial charge in [-0.15, -0.1) is 0 Å². The average Bonchev–Trinajstić information content (AvgIpc) is 3.73. The predicted molar refractivity (Wildman–Crippen MR) is 353 cm³/mol. The normalized spacial score (nSPS) is 10.1. The van der Waals surface area contributed by atoms with Gasteiger partial charge in [0.15, 0.2) is 0 Å². The van der Waals surface area contributed by atoms with Gasteiger partial charge in [0, 0.05) is 16.5 Å². The predicted octanol–water partition coefficient (Wildman–Crippen LogP) is 21.8. The summed E-state index contributed by atoms with van der Waals surface area (Å²) in [7, 11) is -6.36. The third-order valence-corrected chi connectivity index (χ3v) is 15.4. The second-order valence-corrected chi connectivity index (χ2v) is 21.7. The van der Waals surface area contributed by atoms with Gasteiger partial charge in [-0.1, -0.05) is 218 Å². The molecule has 450 valence electrons. The number of hydrogen-bond acceptors (Lipinski definition) is 12. The van der Waals surface area contributed by atoms with Crippen molar-refractivity contribution in [3.8, 4) is 69.0 Å². The van der Waals surface area contributed by atoms with Crippen molar-refractivity contribution >= 4 is 34.4 Å². The molecule has 89 heavy (non-hydrogen) atoms. The van der Waals surface area contributed by atoms with E-state index in [0.717, 1.165) is 0 Å². The zero-order valence-electron chi connectivity index (χ0n) is 47.6. The van der Waals surface area contributed by atoms with Crippen LogP contribution in [0.3, 0.4) is 0 Å². The molecule has 0 unspecified atom stereocenters. The van der Waals surface area contributed by atoms with E-state index in [-0.39, 0.29) is 16.5 Å². The van der Waals surface area contributed by atoms with Gasteiger partial charge in [0.1, 0.15) is 69.0 Å². The summed E-state index contributed by atoms with van der Waals surface area (Å²) in [5.74, 6) is 8.51. The molecule has 0 aliphatic rings. The fraction of sp³-hybridized carbons (Fsp3) is 0. The van der Waals surface area contributed by atoms with Crippen LogP contribution in [0.25, 0.3) is 0 Å². The summed E-state index contributed by atoms with van der Waals surface area (Å²) in [5.41, 5.74) is 0. The molecule has 0 saturated heterocycles. The van der Waals surface area contributed by atoms with Crippen LogP contribution in [0.5, 0.6) is 69.0 Å². The van der Waals surface area contributed by atoms with E-state index in [4.69, 9.17) is 54.3 Å². The SMILES string of the molecule is [Ni].c1ccc(OP(Oc2ccccc2)Oc2ccccc2)cc1.c1ccc(OP(Oc2ccccc2)Oc2ccccc2)cc1.c1ccc(OP(Oc2ccccc2)Oc2ccccc2)cc1.c1ccc(OP(Oc2ccccc2)Oc2ccccc2)cc1. The van der Waals surface area contributed by atoms with Gasteiger partial charge in [0.2, 0.25) is 0 Å². The van der Waals surface area contributed by atoms with Crippen LogP contribution in [0.4, 0.5) is 0 Å². The van der Waals surface area contributed by atoms with E-state index in [1.807, 2.05) is 364 Å². The topological polar surface area (TPSA) is 111 Å². The summed E-state index contributed by atoms with van der Waals surface area (Å²) in [5, 5.41) is 0. The van der Waals surface area contributed by atoms with Gasteiger partial charge in [-0.2, -0.15) is 0 Å². The van der Waals surface area contributed by atoms with E-state index < -0.39 is 34.4 Å². The molecule has 12 rings (SSSR count). The third kappa shape index (κ3) is 25.4. The van der Waals surface area contributed by atoms with E-state index in [1.54, 1.807) is 0 Å². The Labute approximate surface area is 535 Å². The molecule has 0 saturated carbocycles. The van der Waals surface area contributed by atoms with Gasteiger partial charge in [-0.3, -0.25) is 0 Å². The first-order valence-electron chi connectivity index (χ1n) is 27.6. The summed E-state index contributed by atoms with van der Waals surface area (Å²) in [6.45, 7) is 0. The van der Waals surface area contributed by atoms with Gasteiger partial charge >= 0.3 is 34.4 Å². The van der Waals surface area contributed by atoms with Crippen molar-refractivity contribution in [1.29, 1.82) is 0 Å². The molecule has 0 N–H and O–H groups in total. The summed E-state index contributed by atoms with van der Waals surface area (Å²) in [4.78, 5) is 0. The zero-order valence-corrected chi connectivity index (χ0v) is 52.2. The molecule has 0 spiro atoms. The first-order valence-corrected chi connectivity index (χ1v) is 32.0. The van der Waals surface area contributed by atoms with Crippen LogP contribution in [0.2, 0.25) is 0 Å². The molecule has 0 fully saturated rings. The Balaban J connectivity index is 0.000000153. The van der Waals surface area contributed by atoms with Crippen molar-refractivity contribution in [2.45, 2.75) is 0 Å². The fourth-order valence-electron chi connectivity index (χ4n) is 7.03. The molecular formula is C72H60NiO12P4. The van der Waals surface area contributed by atoms with E-state index >= 15 is 0 Å².